The van der Waals surface area contributed by atoms with Gasteiger partial charge in [0.1, 0.15) is 11.5 Å². The number of rotatable bonds is 3. The zero-order valence-corrected chi connectivity index (χ0v) is 11.8. The quantitative estimate of drug-likeness (QED) is 0.509. The summed E-state index contributed by atoms with van der Waals surface area (Å²) < 4.78 is 6.30. The minimum Gasteiger partial charge on any atom is -0.455 e. The number of halogens is 2. The van der Waals surface area contributed by atoms with Crippen LogP contribution in [0.15, 0.2) is 40.9 Å². The van der Waals surface area contributed by atoms with E-state index in [0.29, 0.717) is 10.8 Å². The van der Waals surface area contributed by atoms with E-state index in [-0.39, 0.29) is 17.1 Å². The third-order valence-corrected chi connectivity index (χ3v) is 3.05. The number of nitro groups is 1. The van der Waals surface area contributed by atoms with E-state index in [4.69, 9.17) is 22.1 Å². The van der Waals surface area contributed by atoms with Crippen LogP contribution >= 0.6 is 27.5 Å². The lowest BCUT2D eigenvalue weighted by molar-refractivity contribution is -0.384. The number of non-ortho nitro benzene ring substituents is 1. The minimum absolute atomic E-state index is 0.138. The summed E-state index contributed by atoms with van der Waals surface area (Å²) in [7, 11) is 0. The highest BCUT2D eigenvalue weighted by molar-refractivity contribution is 9.10. The Morgan fingerprint density at radius 2 is 2.00 bits per heavy atom. The van der Waals surface area contributed by atoms with Crippen molar-refractivity contribution in [3.63, 3.8) is 0 Å². The van der Waals surface area contributed by atoms with Crippen molar-refractivity contribution in [1.29, 1.82) is 0 Å². The van der Waals surface area contributed by atoms with E-state index in [1.165, 1.54) is 18.2 Å². The third kappa shape index (κ3) is 3.36. The predicted molar refractivity (Wildman–Crippen MR) is 76.7 cm³/mol. The molecular weight excluding hydrogens is 336 g/mol. The molecule has 0 saturated carbocycles. The van der Waals surface area contributed by atoms with Crippen molar-refractivity contribution >= 4 is 38.9 Å². The number of ether oxygens (including phenoxy) is 1. The van der Waals surface area contributed by atoms with Crippen LogP contribution in [-0.4, -0.2) is 4.92 Å². The summed E-state index contributed by atoms with van der Waals surface area (Å²) in [6.45, 7) is 0. The molecule has 2 rings (SSSR count). The molecule has 0 aliphatic heterocycles. The molecule has 0 bridgehead atoms. The first-order valence-corrected chi connectivity index (χ1v) is 6.30. The summed E-state index contributed by atoms with van der Waals surface area (Å²) in [5.41, 5.74) is 5.70. The smallest absolute Gasteiger partial charge is 0.275 e. The monoisotopic (exact) mass is 342 g/mol. The Hall–Kier alpha value is -1.79. The van der Waals surface area contributed by atoms with Crippen molar-refractivity contribution in [1.82, 2.24) is 0 Å². The zero-order valence-electron chi connectivity index (χ0n) is 9.47. The largest absolute Gasteiger partial charge is 0.455 e. The second kappa shape index (κ2) is 5.46. The number of nitro benzene ring substituents is 1. The molecule has 98 valence electrons. The second-order valence-electron chi connectivity index (χ2n) is 3.69. The van der Waals surface area contributed by atoms with Crippen LogP contribution < -0.4 is 10.5 Å². The fourth-order valence-electron chi connectivity index (χ4n) is 1.45. The summed E-state index contributed by atoms with van der Waals surface area (Å²) in [6.07, 6.45) is 0. The summed E-state index contributed by atoms with van der Waals surface area (Å²) in [5, 5.41) is 11.1. The van der Waals surface area contributed by atoms with Gasteiger partial charge in [0.2, 0.25) is 0 Å². The van der Waals surface area contributed by atoms with Gasteiger partial charge in [-0.25, -0.2) is 0 Å². The lowest BCUT2D eigenvalue weighted by atomic mass is 10.2. The van der Waals surface area contributed by atoms with Gasteiger partial charge in [0.05, 0.1) is 16.0 Å². The minimum atomic E-state index is -0.536. The van der Waals surface area contributed by atoms with Crippen LogP contribution in [0.3, 0.4) is 0 Å². The van der Waals surface area contributed by atoms with Gasteiger partial charge in [0.25, 0.3) is 5.69 Å². The first-order chi connectivity index (χ1) is 8.95. The zero-order chi connectivity index (χ0) is 14.0. The predicted octanol–water partition coefficient (Wildman–Crippen LogP) is 4.39. The van der Waals surface area contributed by atoms with Crippen LogP contribution in [0.5, 0.6) is 11.5 Å². The van der Waals surface area contributed by atoms with Gasteiger partial charge in [0, 0.05) is 22.3 Å². The Kier molecular flexibility index (Phi) is 3.92. The second-order valence-corrected chi connectivity index (χ2v) is 5.02. The first-order valence-electron chi connectivity index (χ1n) is 5.13. The van der Waals surface area contributed by atoms with Crippen LogP contribution in [0.4, 0.5) is 11.4 Å². The van der Waals surface area contributed by atoms with Gasteiger partial charge in [-0.05, 0) is 18.2 Å². The Morgan fingerprint density at radius 1 is 1.26 bits per heavy atom. The molecule has 2 aromatic rings. The van der Waals surface area contributed by atoms with Crippen LogP contribution in [-0.2, 0) is 0 Å². The molecule has 2 N–H and O–H groups in total. The molecule has 0 saturated heterocycles. The number of nitrogens with zero attached hydrogens (tertiary/aromatic N) is 1. The van der Waals surface area contributed by atoms with E-state index in [9.17, 15) is 10.1 Å². The standard InChI is InChI=1S/C12H8BrClN2O3/c13-7-1-2-11(14)12(3-7)19-10-5-8(15)4-9(6-10)16(17)18/h1-6H,15H2. The maximum Gasteiger partial charge on any atom is 0.275 e. The van der Waals surface area contributed by atoms with E-state index in [1.54, 1.807) is 18.2 Å². The van der Waals surface area contributed by atoms with Crippen molar-refractivity contribution in [2.24, 2.45) is 0 Å². The SMILES string of the molecule is Nc1cc(Oc2cc(Br)ccc2Cl)cc([N+](=O)[O-])c1. The van der Waals surface area contributed by atoms with Crippen LogP contribution in [0.2, 0.25) is 5.02 Å². The average molecular weight is 344 g/mol. The van der Waals surface area contributed by atoms with E-state index in [1.807, 2.05) is 0 Å². The highest BCUT2D eigenvalue weighted by Gasteiger charge is 2.11. The molecule has 0 radical (unpaired) electrons. The maximum absolute atomic E-state index is 10.7. The molecule has 0 fully saturated rings. The van der Waals surface area contributed by atoms with Crippen LogP contribution in [0.25, 0.3) is 0 Å². The van der Waals surface area contributed by atoms with E-state index >= 15 is 0 Å². The first kappa shape index (κ1) is 13.6. The van der Waals surface area contributed by atoms with Gasteiger partial charge in [-0.15, -0.1) is 0 Å². The van der Waals surface area contributed by atoms with Crippen LogP contribution in [0, 0.1) is 10.1 Å². The van der Waals surface area contributed by atoms with E-state index in [2.05, 4.69) is 15.9 Å². The van der Waals surface area contributed by atoms with Crippen molar-refractivity contribution in [2.45, 2.75) is 0 Å². The summed E-state index contributed by atoms with van der Waals surface area (Å²) in [5.74, 6) is 0.641. The third-order valence-electron chi connectivity index (χ3n) is 2.25. The maximum atomic E-state index is 10.7. The molecular formula is C12H8BrClN2O3. The number of hydrogen-bond acceptors (Lipinski definition) is 4. The lowest BCUT2D eigenvalue weighted by Gasteiger charge is -2.08. The number of benzene rings is 2. The molecule has 7 heteroatoms. The summed E-state index contributed by atoms with van der Waals surface area (Å²) in [6, 6.07) is 9.11. The highest BCUT2D eigenvalue weighted by Crippen LogP contribution is 2.34. The fraction of sp³-hybridized carbons (Fsp3) is 0. The van der Waals surface area contributed by atoms with E-state index < -0.39 is 4.92 Å². The molecule has 2 aromatic carbocycles. The molecule has 0 spiro atoms. The van der Waals surface area contributed by atoms with Gasteiger partial charge >= 0.3 is 0 Å². The topological polar surface area (TPSA) is 78.4 Å². The number of nitrogens with two attached hydrogens (primary N) is 1. The molecule has 0 unspecified atom stereocenters. The van der Waals surface area contributed by atoms with Crippen LogP contribution in [0.1, 0.15) is 0 Å². The summed E-state index contributed by atoms with van der Waals surface area (Å²) in [4.78, 5) is 10.2. The molecule has 19 heavy (non-hydrogen) atoms. The van der Waals surface area contributed by atoms with Gasteiger partial charge in [-0.2, -0.15) is 0 Å². The molecule has 0 atom stereocenters. The molecule has 5 nitrogen and oxygen atoms in total. The number of anilines is 1. The van der Waals surface area contributed by atoms with Gasteiger partial charge in [-0.3, -0.25) is 10.1 Å². The van der Waals surface area contributed by atoms with Crippen molar-refractivity contribution < 1.29 is 9.66 Å². The number of nitrogen functional groups attached to an aromatic ring is 1. The number of hydrogen-bond donors (Lipinski definition) is 1. The fourth-order valence-corrected chi connectivity index (χ4v) is 1.95. The van der Waals surface area contributed by atoms with Gasteiger partial charge < -0.3 is 10.5 Å². The highest BCUT2D eigenvalue weighted by atomic mass is 79.9. The normalized spacial score (nSPS) is 10.2. The average Bonchev–Trinajstić information content (AvgIpc) is 2.33. The molecule has 0 heterocycles. The van der Waals surface area contributed by atoms with Crippen molar-refractivity contribution in [3.05, 3.63) is 56.0 Å². The molecule has 0 aromatic heterocycles. The van der Waals surface area contributed by atoms with Gasteiger partial charge in [0.15, 0.2) is 0 Å². The van der Waals surface area contributed by atoms with Gasteiger partial charge in [-0.1, -0.05) is 27.5 Å². The Balaban J connectivity index is 2.38. The van der Waals surface area contributed by atoms with Crippen molar-refractivity contribution in [3.8, 4) is 11.5 Å². The van der Waals surface area contributed by atoms with Crippen molar-refractivity contribution in [2.75, 3.05) is 5.73 Å². The Labute approximate surface area is 122 Å². The summed E-state index contributed by atoms with van der Waals surface area (Å²) >= 11 is 9.27. The lowest BCUT2D eigenvalue weighted by Crippen LogP contribution is -1.94. The van der Waals surface area contributed by atoms with E-state index in [0.717, 1.165) is 4.47 Å². The Morgan fingerprint density at radius 3 is 2.68 bits per heavy atom. The molecule has 0 amide bonds. The molecule has 0 aliphatic carbocycles. The molecule has 0 aliphatic rings. The Bertz CT molecular complexity index is 649.